The van der Waals surface area contributed by atoms with E-state index in [1.165, 1.54) is 6.08 Å². The molecule has 0 saturated heterocycles. The first-order chi connectivity index (χ1) is 8.39. The van der Waals surface area contributed by atoms with Crippen molar-refractivity contribution in [2.24, 2.45) is 0 Å². The Morgan fingerprint density at radius 1 is 1.22 bits per heavy atom. The van der Waals surface area contributed by atoms with Gasteiger partial charge < -0.3 is 0 Å². The van der Waals surface area contributed by atoms with E-state index in [1.807, 2.05) is 35.1 Å². The number of nitrogens with one attached hydrogen (secondary N) is 1. The number of carbonyl (C=O) groups excluding carboxylic acids is 1. The molecule has 0 fully saturated rings. The topological polar surface area (TPSA) is 63.2 Å². The summed E-state index contributed by atoms with van der Waals surface area (Å²) in [5.41, 5.74) is 1.68. The molecule has 0 aromatic heterocycles. The molecule has 0 saturated carbocycles. The van der Waals surface area contributed by atoms with E-state index in [0.717, 1.165) is 11.1 Å². The SMILES string of the molecule is CC(C)=CC(=O)NS(=O)(=O)CCc1ccccc1. The quantitative estimate of drug-likeness (QED) is 0.825. The van der Waals surface area contributed by atoms with Crippen LogP contribution in [-0.4, -0.2) is 20.1 Å². The molecule has 0 bridgehead atoms. The molecule has 1 rings (SSSR count). The van der Waals surface area contributed by atoms with Crippen LogP contribution < -0.4 is 4.72 Å². The van der Waals surface area contributed by atoms with Gasteiger partial charge in [0, 0.05) is 6.08 Å². The van der Waals surface area contributed by atoms with Crippen LogP contribution in [0.25, 0.3) is 0 Å². The van der Waals surface area contributed by atoms with Crippen molar-refractivity contribution >= 4 is 15.9 Å². The van der Waals surface area contributed by atoms with E-state index < -0.39 is 15.9 Å². The van der Waals surface area contributed by atoms with Crippen molar-refractivity contribution in [3.8, 4) is 0 Å². The van der Waals surface area contributed by atoms with Crippen LogP contribution in [0.1, 0.15) is 19.4 Å². The molecule has 1 aromatic rings. The molecule has 1 amide bonds. The van der Waals surface area contributed by atoms with Gasteiger partial charge in [0.1, 0.15) is 0 Å². The highest BCUT2D eigenvalue weighted by Crippen LogP contribution is 2.01. The van der Waals surface area contributed by atoms with Gasteiger partial charge in [0.15, 0.2) is 0 Å². The molecule has 0 heterocycles. The Kier molecular flexibility index (Phi) is 5.09. The van der Waals surface area contributed by atoms with Crippen molar-refractivity contribution in [1.82, 2.24) is 4.72 Å². The number of hydrogen-bond donors (Lipinski definition) is 1. The first kappa shape index (κ1) is 14.4. The molecular weight excluding hydrogens is 250 g/mol. The monoisotopic (exact) mass is 267 g/mol. The third kappa shape index (κ3) is 5.63. The number of rotatable bonds is 5. The van der Waals surface area contributed by atoms with Gasteiger partial charge in [0.25, 0.3) is 5.91 Å². The van der Waals surface area contributed by atoms with E-state index >= 15 is 0 Å². The van der Waals surface area contributed by atoms with Crippen LogP contribution in [0, 0.1) is 0 Å². The minimum Gasteiger partial charge on any atom is -0.269 e. The normalized spacial score (nSPS) is 10.8. The summed E-state index contributed by atoms with van der Waals surface area (Å²) in [7, 11) is -3.57. The second-order valence-electron chi connectivity index (χ2n) is 4.24. The maximum atomic E-state index is 11.6. The van der Waals surface area contributed by atoms with Gasteiger partial charge in [-0.25, -0.2) is 13.1 Å². The summed E-state index contributed by atoms with van der Waals surface area (Å²) < 4.78 is 25.3. The first-order valence-corrected chi connectivity index (χ1v) is 7.27. The summed E-state index contributed by atoms with van der Waals surface area (Å²) >= 11 is 0. The molecule has 98 valence electrons. The summed E-state index contributed by atoms with van der Waals surface area (Å²) in [6.45, 7) is 3.46. The molecule has 0 radical (unpaired) electrons. The number of hydrogen-bond acceptors (Lipinski definition) is 3. The van der Waals surface area contributed by atoms with Crippen LogP contribution in [-0.2, 0) is 21.2 Å². The lowest BCUT2D eigenvalue weighted by molar-refractivity contribution is -0.114. The predicted molar refractivity (Wildman–Crippen MR) is 71.5 cm³/mol. The second kappa shape index (κ2) is 6.35. The van der Waals surface area contributed by atoms with E-state index in [-0.39, 0.29) is 5.75 Å². The average Bonchev–Trinajstić information content (AvgIpc) is 2.26. The Balaban J connectivity index is 2.56. The molecule has 18 heavy (non-hydrogen) atoms. The lowest BCUT2D eigenvalue weighted by Crippen LogP contribution is -2.32. The Morgan fingerprint density at radius 3 is 2.39 bits per heavy atom. The van der Waals surface area contributed by atoms with Gasteiger partial charge in [0.2, 0.25) is 10.0 Å². The molecular formula is C13H17NO3S. The molecule has 1 aromatic carbocycles. The molecule has 5 heteroatoms. The number of sulfonamides is 1. The van der Waals surface area contributed by atoms with Crippen LogP contribution in [0.2, 0.25) is 0 Å². The smallest absolute Gasteiger partial charge is 0.257 e. The van der Waals surface area contributed by atoms with Crippen molar-refractivity contribution < 1.29 is 13.2 Å². The molecule has 0 spiro atoms. The molecule has 0 aliphatic rings. The van der Waals surface area contributed by atoms with Crippen molar-refractivity contribution in [3.05, 3.63) is 47.5 Å². The fourth-order valence-electron chi connectivity index (χ4n) is 1.39. The van der Waals surface area contributed by atoms with E-state index in [4.69, 9.17) is 0 Å². The highest BCUT2D eigenvalue weighted by atomic mass is 32.2. The summed E-state index contributed by atoms with van der Waals surface area (Å²) in [4.78, 5) is 11.3. The third-order valence-electron chi connectivity index (χ3n) is 2.18. The van der Waals surface area contributed by atoms with Crippen LogP contribution in [0.4, 0.5) is 0 Å². The van der Waals surface area contributed by atoms with Crippen molar-refractivity contribution in [2.75, 3.05) is 5.75 Å². The largest absolute Gasteiger partial charge is 0.269 e. The number of allylic oxidation sites excluding steroid dienone is 1. The van der Waals surface area contributed by atoms with Crippen LogP contribution in [0.5, 0.6) is 0 Å². The standard InChI is InChI=1S/C13H17NO3S/c1-11(2)10-13(15)14-18(16,17)9-8-12-6-4-3-5-7-12/h3-7,10H,8-9H2,1-2H3,(H,14,15). The summed E-state index contributed by atoms with van der Waals surface area (Å²) in [6.07, 6.45) is 1.65. The molecule has 0 atom stereocenters. The van der Waals surface area contributed by atoms with Gasteiger partial charge in [-0.2, -0.15) is 0 Å². The van der Waals surface area contributed by atoms with E-state index in [2.05, 4.69) is 0 Å². The highest BCUT2D eigenvalue weighted by Gasteiger charge is 2.12. The number of benzene rings is 1. The molecule has 1 N–H and O–H groups in total. The zero-order chi connectivity index (χ0) is 13.6. The van der Waals surface area contributed by atoms with Crippen LogP contribution in [0.3, 0.4) is 0 Å². The molecule has 4 nitrogen and oxygen atoms in total. The molecule has 0 aliphatic carbocycles. The van der Waals surface area contributed by atoms with Gasteiger partial charge in [-0.3, -0.25) is 4.79 Å². The summed E-state index contributed by atoms with van der Waals surface area (Å²) in [6, 6.07) is 9.28. The zero-order valence-corrected chi connectivity index (χ0v) is 11.3. The molecule has 0 unspecified atom stereocenters. The Bertz CT molecular complexity index is 529. The van der Waals surface area contributed by atoms with E-state index in [1.54, 1.807) is 13.8 Å². The number of carbonyl (C=O) groups is 1. The average molecular weight is 267 g/mol. The summed E-state index contributed by atoms with van der Waals surface area (Å²) in [5, 5.41) is 0. The van der Waals surface area contributed by atoms with E-state index in [0.29, 0.717) is 6.42 Å². The maximum absolute atomic E-state index is 11.6. The predicted octanol–water partition coefficient (Wildman–Crippen LogP) is 1.64. The van der Waals surface area contributed by atoms with Crippen molar-refractivity contribution in [2.45, 2.75) is 20.3 Å². The van der Waals surface area contributed by atoms with Gasteiger partial charge in [-0.1, -0.05) is 35.9 Å². The Hall–Kier alpha value is -1.62. The third-order valence-corrected chi connectivity index (χ3v) is 3.43. The minimum absolute atomic E-state index is 0.0979. The van der Waals surface area contributed by atoms with Crippen molar-refractivity contribution in [3.63, 3.8) is 0 Å². The van der Waals surface area contributed by atoms with Gasteiger partial charge in [-0.15, -0.1) is 0 Å². The maximum Gasteiger partial charge on any atom is 0.257 e. The number of aryl methyl sites for hydroxylation is 1. The fourth-order valence-corrected chi connectivity index (χ4v) is 2.36. The first-order valence-electron chi connectivity index (χ1n) is 5.62. The lowest BCUT2D eigenvalue weighted by Gasteiger charge is -2.05. The van der Waals surface area contributed by atoms with Gasteiger partial charge in [0.05, 0.1) is 5.75 Å². The van der Waals surface area contributed by atoms with Gasteiger partial charge in [-0.05, 0) is 25.8 Å². The van der Waals surface area contributed by atoms with Crippen LogP contribution in [0.15, 0.2) is 42.0 Å². The summed E-state index contributed by atoms with van der Waals surface area (Å²) in [5.74, 6) is -0.692. The van der Waals surface area contributed by atoms with Gasteiger partial charge >= 0.3 is 0 Å². The van der Waals surface area contributed by atoms with Crippen LogP contribution >= 0.6 is 0 Å². The van der Waals surface area contributed by atoms with E-state index in [9.17, 15) is 13.2 Å². The zero-order valence-electron chi connectivity index (χ0n) is 10.5. The minimum atomic E-state index is -3.57. The lowest BCUT2D eigenvalue weighted by atomic mass is 10.2. The fraction of sp³-hybridized carbons (Fsp3) is 0.308. The van der Waals surface area contributed by atoms with Crippen molar-refractivity contribution in [1.29, 1.82) is 0 Å². The Morgan fingerprint density at radius 2 is 1.83 bits per heavy atom. The number of amides is 1. The Labute approximate surface area is 108 Å². The second-order valence-corrected chi connectivity index (χ2v) is 6.08. The highest BCUT2D eigenvalue weighted by molar-refractivity contribution is 7.90. The molecule has 0 aliphatic heterocycles.